The lowest BCUT2D eigenvalue weighted by molar-refractivity contribution is -0.146. The van der Waals surface area contributed by atoms with Crippen LogP contribution in [0.25, 0.3) is 0 Å². The number of hydrogen-bond acceptors (Lipinski definition) is 4. The molecule has 166 valence electrons. The summed E-state index contributed by atoms with van der Waals surface area (Å²) >= 11 is 0. The van der Waals surface area contributed by atoms with Gasteiger partial charge in [0.15, 0.2) is 0 Å². The van der Waals surface area contributed by atoms with Crippen molar-refractivity contribution in [2.24, 2.45) is 5.92 Å². The number of ether oxygens (including phenoxy) is 2. The van der Waals surface area contributed by atoms with E-state index >= 15 is 0 Å². The fourth-order valence-corrected chi connectivity index (χ4v) is 3.23. The molecule has 0 aliphatic heterocycles. The van der Waals surface area contributed by atoms with Crippen molar-refractivity contribution >= 4 is 11.9 Å². The molecule has 1 unspecified atom stereocenters. The molecule has 0 radical (unpaired) electrons. The standard InChI is InChI=1S/C24H46O4/c1-4-7-9-10-11-12-13-14-15-20-27-23(25)18-16-19-24(26)28-21-22(6-3)17-8-5-2/h22H,4-21H2,1-3H3. The maximum atomic E-state index is 11.8. The maximum absolute atomic E-state index is 11.8. The van der Waals surface area contributed by atoms with Gasteiger partial charge in [-0.05, 0) is 25.2 Å². The lowest BCUT2D eigenvalue weighted by Crippen LogP contribution is -2.14. The zero-order valence-electron chi connectivity index (χ0n) is 18.9. The van der Waals surface area contributed by atoms with Crippen molar-refractivity contribution in [1.82, 2.24) is 0 Å². The minimum atomic E-state index is -0.193. The summed E-state index contributed by atoms with van der Waals surface area (Å²) in [7, 11) is 0. The van der Waals surface area contributed by atoms with Crippen LogP contribution in [0.4, 0.5) is 0 Å². The van der Waals surface area contributed by atoms with Crippen molar-refractivity contribution in [3.63, 3.8) is 0 Å². The summed E-state index contributed by atoms with van der Waals surface area (Å²) < 4.78 is 10.6. The molecule has 0 saturated carbocycles. The molecule has 0 aromatic heterocycles. The average Bonchev–Trinajstić information content (AvgIpc) is 2.69. The molecule has 0 amide bonds. The van der Waals surface area contributed by atoms with Gasteiger partial charge >= 0.3 is 11.9 Å². The summed E-state index contributed by atoms with van der Waals surface area (Å²) in [6, 6.07) is 0. The molecule has 0 aromatic carbocycles. The second-order valence-corrected chi connectivity index (χ2v) is 8.00. The zero-order chi connectivity index (χ0) is 20.9. The molecule has 0 fully saturated rings. The first-order valence-electron chi connectivity index (χ1n) is 11.9. The number of esters is 2. The predicted octanol–water partition coefficient (Wildman–Crippen LogP) is 6.99. The molecular weight excluding hydrogens is 352 g/mol. The molecule has 0 saturated heterocycles. The minimum absolute atomic E-state index is 0.193. The van der Waals surface area contributed by atoms with E-state index < -0.39 is 0 Å². The van der Waals surface area contributed by atoms with E-state index in [1.807, 2.05) is 0 Å². The Morgan fingerprint density at radius 1 is 0.643 bits per heavy atom. The minimum Gasteiger partial charge on any atom is -0.466 e. The zero-order valence-corrected chi connectivity index (χ0v) is 18.9. The second kappa shape index (κ2) is 20.7. The highest BCUT2D eigenvalue weighted by Crippen LogP contribution is 2.14. The van der Waals surface area contributed by atoms with E-state index in [4.69, 9.17) is 9.47 Å². The third-order valence-electron chi connectivity index (χ3n) is 5.30. The Kier molecular flexibility index (Phi) is 19.9. The Bertz CT molecular complexity index is 368. The molecule has 0 spiro atoms. The van der Waals surface area contributed by atoms with Crippen molar-refractivity contribution in [2.45, 2.75) is 124 Å². The normalized spacial score (nSPS) is 12.0. The van der Waals surface area contributed by atoms with E-state index in [1.165, 1.54) is 57.8 Å². The van der Waals surface area contributed by atoms with Gasteiger partial charge in [0.2, 0.25) is 0 Å². The molecule has 0 aliphatic rings. The van der Waals surface area contributed by atoms with E-state index in [-0.39, 0.29) is 11.9 Å². The molecule has 4 nitrogen and oxygen atoms in total. The largest absolute Gasteiger partial charge is 0.466 e. The Balaban J connectivity index is 3.48. The number of carbonyl (C=O) groups is 2. The SMILES string of the molecule is CCCCCCCCCCCOC(=O)CCCC(=O)OCC(CC)CCCC. The summed E-state index contributed by atoms with van der Waals surface area (Å²) in [5.41, 5.74) is 0. The topological polar surface area (TPSA) is 52.6 Å². The van der Waals surface area contributed by atoms with Crippen LogP contribution >= 0.6 is 0 Å². The van der Waals surface area contributed by atoms with E-state index in [0.29, 0.717) is 38.4 Å². The van der Waals surface area contributed by atoms with Crippen LogP contribution in [0.3, 0.4) is 0 Å². The summed E-state index contributed by atoms with van der Waals surface area (Å²) in [6.45, 7) is 7.57. The van der Waals surface area contributed by atoms with Crippen LogP contribution in [0.1, 0.15) is 124 Å². The summed E-state index contributed by atoms with van der Waals surface area (Å²) in [5, 5.41) is 0. The van der Waals surface area contributed by atoms with Gasteiger partial charge in [0.25, 0.3) is 0 Å². The molecule has 0 heterocycles. The lowest BCUT2D eigenvalue weighted by atomic mass is 10.0. The molecule has 0 aliphatic carbocycles. The van der Waals surface area contributed by atoms with Crippen LogP contribution in [0.5, 0.6) is 0 Å². The van der Waals surface area contributed by atoms with Crippen molar-refractivity contribution in [2.75, 3.05) is 13.2 Å². The van der Waals surface area contributed by atoms with Crippen molar-refractivity contribution in [3.8, 4) is 0 Å². The van der Waals surface area contributed by atoms with Gasteiger partial charge in [-0.15, -0.1) is 0 Å². The number of hydrogen-bond donors (Lipinski definition) is 0. The van der Waals surface area contributed by atoms with Crippen LogP contribution in [0, 0.1) is 5.92 Å². The fourth-order valence-electron chi connectivity index (χ4n) is 3.23. The third kappa shape index (κ3) is 18.3. The van der Waals surface area contributed by atoms with Crippen LogP contribution in [-0.4, -0.2) is 25.2 Å². The van der Waals surface area contributed by atoms with Gasteiger partial charge < -0.3 is 9.47 Å². The Morgan fingerprint density at radius 2 is 1.18 bits per heavy atom. The van der Waals surface area contributed by atoms with Gasteiger partial charge in [0.05, 0.1) is 13.2 Å². The molecule has 0 aromatic rings. The average molecular weight is 399 g/mol. The monoisotopic (exact) mass is 398 g/mol. The Labute approximate surface area is 174 Å². The summed E-state index contributed by atoms with van der Waals surface area (Å²) in [5.74, 6) is 0.0774. The number of carbonyl (C=O) groups excluding carboxylic acids is 2. The van der Waals surface area contributed by atoms with E-state index in [9.17, 15) is 9.59 Å². The van der Waals surface area contributed by atoms with Crippen LogP contribution in [0.2, 0.25) is 0 Å². The highest BCUT2D eigenvalue weighted by atomic mass is 16.5. The van der Waals surface area contributed by atoms with Gasteiger partial charge in [-0.2, -0.15) is 0 Å². The Morgan fingerprint density at radius 3 is 1.75 bits per heavy atom. The van der Waals surface area contributed by atoms with Crippen LogP contribution in [-0.2, 0) is 19.1 Å². The molecule has 1 atom stereocenters. The smallest absolute Gasteiger partial charge is 0.305 e. The first kappa shape index (κ1) is 26.9. The van der Waals surface area contributed by atoms with Gasteiger partial charge in [-0.25, -0.2) is 0 Å². The van der Waals surface area contributed by atoms with Crippen LogP contribution < -0.4 is 0 Å². The maximum Gasteiger partial charge on any atom is 0.305 e. The van der Waals surface area contributed by atoms with E-state index in [1.54, 1.807) is 0 Å². The van der Waals surface area contributed by atoms with Gasteiger partial charge in [0, 0.05) is 12.8 Å². The van der Waals surface area contributed by atoms with Crippen molar-refractivity contribution in [3.05, 3.63) is 0 Å². The lowest BCUT2D eigenvalue weighted by Gasteiger charge is -2.14. The fraction of sp³-hybridized carbons (Fsp3) is 0.917. The molecule has 0 N–H and O–H groups in total. The molecule has 28 heavy (non-hydrogen) atoms. The number of rotatable bonds is 20. The van der Waals surface area contributed by atoms with Gasteiger partial charge in [-0.3, -0.25) is 9.59 Å². The number of unbranched alkanes of at least 4 members (excludes halogenated alkanes) is 9. The van der Waals surface area contributed by atoms with Crippen molar-refractivity contribution in [1.29, 1.82) is 0 Å². The Hall–Kier alpha value is -1.06. The highest BCUT2D eigenvalue weighted by molar-refractivity contribution is 5.72. The first-order chi connectivity index (χ1) is 13.6. The van der Waals surface area contributed by atoms with Gasteiger partial charge in [0.1, 0.15) is 0 Å². The summed E-state index contributed by atoms with van der Waals surface area (Å²) in [4.78, 5) is 23.5. The predicted molar refractivity (Wildman–Crippen MR) is 116 cm³/mol. The third-order valence-corrected chi connectivity index (χ3v) is 5.30. The molecule has 0 rings (SSSR count). The van der Waals surface area contributed by atoms with Crippen molar-refractivity contribution < 1.29 is 19.1 Å². The van der Waals surface area contributed by atoms with E-state index in [2.05, 4.69) is 20.8 Å². The van der Waals surface area contributed by atoms with E-state index in [0.717, 1.165) is 25.7 Å². The first-order valence-corrected chi connectivity index (χ1v) is 11.9. The molecular formula is C24H46O4. The molecule has 4 heteroatoms. The second-order valence-electron chi connectivity index (χ2n) is 8.00. The summed E-state index contributed by atoms with van der Waals surface area (Å²) in [6.07, 6.45) is 16.9. The van der Waals surface area contributed by atoms with Gasteiger partial charge in [-0.1, -0.05) is 91.4 Å². The van der Waals surface area contributed by atoms with Crippen LogP contribution in [0.15, 0.2) is 0 Å². The molecule has 0 bridgehead atoms. The quantitative estimate of drug-likeness (QED) is 0.164. The highest BCUT2D eigenvalue weighted by Gasteiger charge is 2.11.